The minimum atomic E-state index is -4.59. The summed E-state index contributed by atoms with van der Waals surface area (Å²) >= 11 is 0. The summed E-state index contributed by atoms with van der Waals surface area (Å²) in [6, 6.07) is 0.0918. The lowest BCUT2D eigenvalue weighted by Gasteiger charge is -2.32. The Balaban J connectivity index is 2.35. The molecule has 1 aliphatic carbocycles. The maximum atomic E-state index is 12.0. The second kappa shape index (κ2) is 5.84. The first kappa shape index (κ1) is 13.7. The molecule has 3 atom stereocenters. The number of hydrogen-bond acceptors (Lipinski definition) is 3. The molecule has 1 rings (SSSR count). The Morgan fingerprint density at radius 2 is 2.00 bits per heavy atom. The van der Waals surface area contributed by atoms with Crippen molar-refractivity contribution in [3.8, 4) is 0 Å². The zero-order valence-corrected chi connectivity index (χ0v) is 9.26. The third kappa shape index (κ3) is 3.92. The lowest BCUT2D eigenvalue weighted by molar-refractivity contribution is -0.222. The highest BCUT2D eigenvalue weighted by Gasteiger charge is 2.39. The van der Waals surface area contributed by atoms with E-state index in [4.69, 9.17) is 9.84 Å². The largest absolute Gasteiger partial charge is 0.416 e. The molecule has 1 fully saturated rings. The van der Waals surface area contributed by atoms with Crippen LogP contribution in [0.3, 0.4) is 0 Å². The van der Waals surface area contributed by atoms with Crippen molar-refractivity contribution in [2.24, 2.45) is 0 Å². The second-order valence-corrected chi connectivity index (χ2v) is 4.11. The van der Waals surface area contributed by atoms with Gasteiger partial charge in [-0.05, 0) is 19.9 Å². The fourth-order valence-corrected chi connectivity index (χ4v) is 1.94. The van der Waals surface area contributed by atoms with Crippen LogP contribution in [0.2, 0.25) is 0 Å². The normalized spacial score (nSPS) is 29.1. The van der Waals surface area contributed by atoms with E-state index in [0.717, 1.165) is 25.7 Å². The van der Waals surface area contributed by atoms with E-state index < -0.39 is 18.9 Å². The maximum absolute atomic E-state index is 12.0. The number of ether oxygens (including phenoxy) is 1. The van der Waals surface area contributed by atoms with E-state index in [0.29, 0.717) is 0 Å². The van der Waals surface area contributed by atoms with Gasteiger partial charge in [-0.25, -0.2) is 0 Å². The van der Waals surface area contributed by atoms with E-state index >= 15 is 0 Å². The van der Waals surface area contributed by atoms with Gasteiger partial charge in [-0.3, -0.25) is 0 Å². The van der Waals surface area contributed by atoms with Crippen LogP contribution in [0.4, 0.5) is 13.2 Å². The number of halogens is 3. The van der Waals surface area contributed by atoms with Crippen LogP contribution in [-0.4, -0.2) is 43.2 Å². The van der Waals surface area contributed by atoms with E-state index in [1.54, 1.807) is 7.05 Å². The van der Waals surface area contributed by atoms with E-state index in [1.807, 2.05) is 0 Å². The van der Waals surface area contributed by atoms with Gasteiger partial charge in [0.05, 0.1) is 12.7 Å². The summed E-state index contributed by atoms with van der Waals surface area (Å²) in [6.07, 6.45) is -3.52. The second-order valence-electron chi connectivity index (χ2n) is 4.11. The summed E-state index contributed by atoms with van der Waals surface area (Å²) in [4.78, 5) is 0. The Morgan fingerprint density at radius 3 is 2.56 bits per heavy atom. The van der Waals surface area contributed by atoms with Gasteiger partial charge in [-0.1, -0.05) is 12.8 Å². The molecule has 0 spiro atoms. The minimum Gasteiger partial charge on any atom is -0.382 e. The van der Waals surface area contributed by atoms with Crippen molar-refractivity contribution in [3.05, 3.63) is 0 Å². The average Bonchev–Trinajstić information content (AvgIpc) is 2.24. The standard InChI is InChI=1S/C10H18F3NO2/c1-14-7-4-2-3-5-8(7)16-6-9(15)10(11,12)13/h7-9,14-15H,2-6H2,1H3. The zero-order chi connectivity index (χ0) is 12.2. The predicted octanol–water partition coefficient (Wildman–Crippen LogP) is 1.46. The van der Waals surface area contributed by atoms with Crippen molar-refractivity contribution >= 4 is 0 Å². The molecule has 3 nitrogen and oxygen atoms in total. The van der Waals surface area contributed by atoms with Crippen LogP contribution in [0.15, 0.2) is 0 Å². The number of aliphatic hydroxyl groups is 1. The van der Waals surface area contributed by atoms with Crippen molar-refractivity contribution < 1.29 is 23.0 Å². The predicted molar refractivity (Wildman–Crippen MR) is 53.1 cm³/mol. The van der Waals surface area contributed by atoms with Crippen LogP contribution >= 0.6 is 0 Å². The lowest BCUT2D eigenvalue weighted by atomic mass is 9.92. The summed E-state index contributed by atoms with van der Waals surface area (Å²) in [6.45, 7) is -0.674. The molecule has 0 aromatic rings. The molecule has 0 saturated heterocycles. The molecule has 0 heterocycles. The molecule has 1 aliphatic rings. The van der Waals surface area contributed by atoms with Crippen LogP contribution in [-0.2, 0) is 4.74 Å². The van der Waals surface area contributed by atoms with Crippen LogP contribution in [0.5, 0.6) is 0 Å². The van der Waals surface area contributed by atoms with Gasteiger partial charge in [0.1, 0.15) is 0 Å². The minimum absolute atomic E-state index is 0.0918. The monoisotopic (exact) mass is 241 g/mol. The smallest absolute Gasteiger partial charge is 0.382 e. The first-order valence-electron chi connectivity index (χ1n) is 5.48. The van der Waals surface area contributed by atoms with Gasteiger partial charge in [0, 0.05) is 6.04 Å². The quantitative estimate of drug-likeness (QED) is 0.783. The number of likely N-dealkylation sites (N-methyl/N-ethyl adjacent to an activating group) is 1. The number of alkyl halides is 3. The molecule has 0 radical (unpaired) electrons. The van der Waals surface area contributed by atoms with Gasteiger partial charge in [0.2, 0.25) is 0 Å². The van der Waals surface area contributed by atoms with Gasteiger partial charge in [-0.15, -0.1) is 0 Å². The average molecular weight is 241 g/mol. The van der Waals surface area contributed by atoms with E-state index in [1.165, 1.54) is 0 Å². The topological polar surface area (TPSA) is 41.5 Å². The zero-order valence-electron chi connectivity index (χ0n) is 9.26. The van der Waals surface area contributed by atoms with Crippen molar-refractivity contribution in [3.63, 3.8) is 0 Å². The molecule has 0 aliphatic heterocycles. The van der Waals surface area contributed by atoms with Crippen molar-refractivity contribution in [1.29, 1.82) is 0 Å². The Kier molecular flexibility index (Phi) is 5.01. The maximum Gasteiger partial charge on any atom is 0.416 e. The molecule has 0 aromatic heterocycles. The van der Waals surface area contributed by atoms with Crippen LogP contribution in [0.1, 0.15) is 25.7 Å². The molecule has 0 aromatic carbocycles. The summed E-state index contributed by atoms with van der Waals surface area (Å²) in [5, 5.41) is 11.8. The molecule has 16 heavy (non-hydrogen) atoms. The molecule has 3 unspecified atom stereocenters. The van der Waals surface area contributed by atoms with Gasteiger partial charge in [-0.2, -0.15) is 13.2 Å². The van der Waals surface area contributed by atoms with Gasteiger partial charge >= 0.3 is 6.18 Å². The number of nitrogens with one attached hydrogen (secondary N) is 1. The number of rotatable bonds is 4. The first-order chi connectivity index (χ1) is 7.45. The van der Waals surface area contributed by atoms with E-state index in [9.17, 15) is 13.2 Å². The highest BCUT2D eigenvalue weighted by molar-refractivity contribution is 4.81. The first-order valence-corrected chi connectivity index (χ1v) is 5.48. The molecule has 2 N–H and O–H groups in total. The fourth-order valence-electron chi connectivity index (χ4n) is 1.94. The van der Waals surface area contributed by atoms with Crippen molar-refractivity contribution in [2.75, 3.05) is 13.7 Å². The third-order valence-corrected chi connectivity index (χ3v) is 2.92. The molecule has 0 amide bonds. The molecule has 6 heteroatoms. The molecule has 96 valence electrons. The third-order valence-electron chi connectivity index (χ3n) is 2.92. The Bertz CT molecular complexity index is 211. The van der Waals surface area contributed by atoms with Gasteiger partial charge in [0.15, 0.2) is 6.10 Å². The molecular weight excluding hydrogens is 223 g/mol. The summed E-state index contributed by atoms with van der Waals surface area (Å²) < 4.78 is 41.3. The fraction of sp³-hybridized carbons (Fsp3) is 1.00. The summed E-state index contributed by atoms with van der Waals surface area (Å²) in [5.41, 5.74) is 0. The van der Waals surface area contributed by atoms with Gasteiger partial charge < -0.3 is 15.2 Å². The summed E-state index contributed by atoms with van der Waals surface area (Å²) in [7, 11) is 1.77. The number of hydrogen-bond donors (Lipinski definition) is 2. The SMILES string of the molecule is CNC1CCCCC1OCC(O)C(F)(F)F. The van der Waals surface area contributed by atoms with E-state index in [-0.39, 0.29) is 12.1 Å². The molecule has 1 saturated carbocycles. The highest BCUT2D eigenvalue weighted by Crippen LogP contribution is 2.24. The number of aliphatic hydroxyl groups excluding tert-OH is 1. The summed E-state index contributed by atoms with van der Waals surface area (Å²) in [5.74, 6) is 0. The molecular formula is C10H18F3NO2. The Labute approximate surface area is 93.0 Å². The van der Waals surface area contributed by atoms with Crippen LogP contribution < -0.4 is 5.32 Å². The van der Waals surface area contributed by atoms with Crippen molar-refractivity contribution in [2.45, 2.75) is 50.1 Å². The molecule has 0 bridgehead atoms. The van der Waals surface area contributed by atoms with Crippen molar-refractivity contribution in [1.82, 2.24) is 5.32 Å². The Morgan fingerprint density at radius 1 is 1.38 bits per heavy atom. The van der Waals surface area contributed by atoms with Crippen LogP contribution in [0.25, 0.3) is 0 Å². The van der Waals surface area contributed by atoms with Crippen LogP contribution in [0, 0.1) is 0 Å². The van der Waals surface area contributed by atoms with E-state index in [2.05, 4.69) is 5.32 Å². The Hall–Kier alpha value is -0.330. The lowest BCUT2D eigenvalue weighted by Crippen LogP contribution is -2.44. The van der Waals surface area contributed by atoms with Gasteiger partial charge in [0.25, 0.3) is 0 Å². The highest BCUT2D eigenvalue weighted by atomic mass is 19.4.